The van der Waals surface area contributed by atoms with Gasteiger partial charge in [0.1, 0.15) is 0 Å². The van der Waals surface area contributed by atoms with Crippen molar-refractivity contribution in [2.75, 3.05) is 44.9 Å². The van der Waals surface area contributed by atoms with Gasteiger partial charge in [-0.15, -0.1) is 0 Å². The summed E-state index contributed by atoms with van der Waals surface area (Å²) in [6, 6.07) is 8.81. The molecule has 132 valence electrons. The highest BCUT2D eigenvalue weighted by Gasteiger charge is 2.39. The van der Waals surface area contributed by atoms with Crippen molar-refractivity contribution < 1.29 is 4.79 Å². The lowest BCUT2D eigenvalue weighted by molar-refractivity contribution is -0.123. The Kier molecular flexibility index (Phi) is 5.52. The average Bonchev–Trinajstić information content (AvgIpc) is 3.04. The molecular weight excluding hydrogens is 318 g/mol. The van der Waals surface area contributed by atoms with Gasteiger partial charge in [0.05, 0.1) is 6.04 Å². The molecule has 1 aromatic rings. The molecule has 0 aromatic heterocycles. The van der Waals surface area contributed by atoms with Crippen molar-refractivity contribution in [2.45, 2.75) is 37.1 Å². The van der Waals surface area contributed by atoms with Crippen LogP contribution in [0.15, 0.2) is 24.3 Å². The summed E-state index contributed by atoms with van der Waals surface area (Å²) in [5.74, 6) is 0.251. The molecular formula is C19H29N3OS. The van der Waals surface area contributed by atoms with Crippen molar-refractivity contribution in [3.8, 4) is 0 Å². The van der Waals surface area contributed by atoms with Crippen LogP contribution < -0.4 is 4.90 Å². The van der Waals surface area contributed by atoms with E-state index < -0.39 is 0 Å². The van der Waals surface area contributed by atoms with Gasteiger partial charge in [-0.3, -0.25) is 9.69 Å². The van der Waals surface area contributed by atoms with Crippen molar-refractivity contribution in [1.82, 2.24) is 9.80 Å². The Labute approximate surface area is 150 Å². The van der Waals surface area contributed by atoms with Crippen LogP contribution in [-0.4, -0.2) is 73.0 Å². The summed E-state index contributed by atoms with van der Waals surface area (Å²) in [5.41, 5.74) is 2.42. The van der Waals surface area contributed by atoms with E-state index in [4.69, 9.17) is 0 Å². The van der Waals surface area contributed by atoms with Gasteiger partial charge in [0, 0.05) is 36.6 Å². The summed E-state index contributed by atoms with van der Waals surface area (Å²) in [6.45, 7) is 4.89. The van der Waals surface area contributed by atoms with E-state index in [1.165, 1.54) is 5.56 Å². The lowest BCUT2D eigenvalue weighted by Gasteiger charge is -2.34. The quantitative estimate of drug-likeness (QED) is 0.835. The van der Waals surface area contributed by atoms with Crippen LogP contribution in [-0.2, 0) is 11.2 Å². The van der Waals surface area contributed by atoms with Gasteiger partial charge in [0.15, 0.2) is 0 Å². The van der Waals surface area contributed by atoms with E-state index in [2.05, 4.69) is 55.3 Å². The molecule has 0 saturated carbocycles. The van der Waals surface area contributed by atoms with Crippen LogP contribution in [0.3, 0.4) is 0 Å². The van der Waals surface area contributed by atoms with E-state index in [9.17, 15) is 4.79 Å². The third-order valence-corrected chi connectivity index (χ3v) is 6.58. The monoisotopic (exact) mass is 347 g/mol. The lowest BCUT2D eigenvalue weighted by atomic mass is 10.0. The summed E-state index contributed by atoms with van der Waals surface area (Å²) in [6.07, 6.45) is 4.32. The van der Waals surface area contributed by atoms with Crippen molar-refractivity contribution in [2.24, 2.45) is 0 Å². The Morgan fingerprint density at radius 3 is 2.71 bits per heavy atom. The van der Waals surface area contributed by atoms with Gasteiger partial charge in [0.25, 0.3) is 0 Å². The van der Waals surface area contributed by atoms with Gasteiger partial charge in [-0.25, -0.2) is 0 Å². The molecule has 1 fully saturated rings. The second-order valence-electron chi connectivity index (χ2n) is 7.16. The largest absolute Gasteiger partial charge is 0.311 e. The minimum atomic E-state index is -0.0595. The van der Waals surface area contributed by atoms with Crippen LogP contribution in [0.1, 0.15) is 18.9 Å². The molecule has 2 aliphatic rings. The number of carbonyl (C=O) groups is 1. The third-order valence-electron chi connectivity index (χ3n) is 5.51. The number of para-hydroxylation sites is 1. The first-order valence-corrected chi connectivity index (χ1v) is 10.1. The van der Waals surface area contributed by atoms with E-state index >= 15 is 0 Å². The number of benzene rings is 1. The summed E-state index contributed by atoms with van der Waals surface area (Å²) in [4.78, 5) is 19.9. The van der Waals surface area contributed by atoms with E-state index in [-0.39, 0.29) is 11.9 Å². The fourth-order valence-corrected chi connectivity index (χ4v) is 4.96. The maximum absolute atomic E-state index is 13.2. The number of nitrogens with zero attached hydrogens (tertiary/aromatic N) is 3. The first-order chi connectivity index (χ1) is 11.5. The van der Waals surface area contributed by atoms with Crippen LogP contribution in [0, 0.1) is 0 Å². The molecule has 4 nitrogen and oxygen atoms in total. The van der Waals surface area contributed by atoms with Crippen LogP contribution >= 0.6 is 11.8 Å². The molecule has 0 aliphatic carbocycles. The van der Waals surface area contributed by atoms with E-state index in [0.29, 0.717) is 11.3 Å². The Hall–Kier alpha value is -1.04. The molecule has 1 saturated heterocycles. The van der Waals surface area contributed by atoms with Gasteiger partial charge in [0.2, 0.25) is 5.91 Å². The Morgan fingerprint density at radius 2 is 2.04 bits per heavy atom. The molecule has 3 rings (SSSR count). The molecule has 5 heteroatoms. The maximum atomic E-state index is 13.2. The SMILES string of the molecule is CS[C@@H]1CN([C@@H](C)C(=O)N2CCCc3ccccc32)C[C@@H]1N(C)C. The number of amides is 1. The van der Waals surface area contributed by atoms with Crippen molar-refractivity contribution in [1.29, 1.82) is 0 Å². The van der Waals surface area contributed by atoms with Crippen LogP contribution in [0.2, 0.25) is 0 Å². The zero-order valence-corrected chi connectivity index (χ0v) is 16.1. The van der Waals surface area contributed by atoms with Crippen LogP contribution in [0.5, 0.6) is 0 Å². The van der Waals surface area contributed by atoms with Crippen molar-refractivity contribution in [3.05, 3.63) is 29.8 Å². The zero-order chi connectivity index (χ0) is 17.3. The number of carbonyl (C=O) groups excluding carboxylic acids is 1. The smallest absolute Gasteiger partial charge is 0.244 e. The molecule has 2 aliphatic heterocycles. The summed E-state index contributed by atoms with van der Waals surface area (Å²) < 4.78 is 0. The number of hydrogen-bond acceptors (Lipinski definition) is 4. The predicted octanol–water partition coefficient (Wildman–Crippen LogP) is 2.33. The van der Waals surface area contributed by atoms with Crippen LogP contribution in [0.4, 0.5) is 5.69 Å². The first kappa shape index (κ1) is 17.8. The zero-order valence-electron chi connectivity index (χ0n) is 15.2. The van der Waals surface area contributed by atoms with E-state index in [1.54, 1.807) is 0 Å². The Morgan fingerprint density at radius 1 is 1.29 bits per heavy atom. The van der Waals surface area contributed by atoms with Crippen molar-refractivity contribution in [3.63, 3.8) is 0 Å². The lowest BCUT2D eigenvalue weighted by Crippen LogP contribution is -2.48. The van der Waals surface area contributed by atoms with E-state index in [0.717, 1.165) is 38.2 Å². The molecule has 1 aromatic carbocycles. The standard InChI is InChI=1S/C19H29N3OS/c1-14(21-12-17(20(2)3)18(13-21)24-4)19(23)22-11-7-9-15-8-5-6-10-16(15)22/h5-6,8,10,14,17-18H,7,9,11-13H2,1-4H3/t14-,17-,18+/m0/s1. The molecule has 0 radical (unpaired) electrons. The highest BCUT2D eigenvalue weighted by Crippen LogP contribution is 2.30. The van der Waals surface area contributed by atoms with Gasteiger partial charge < -0.3 is 9.80 Å². The van der Waals surface area contributed by atoms with Crippen molar-refractivity contribution >= 4 is 23.4 Å². The molecule has 1 amide bonds. The minimum absolute atomic E-state index is 0.0595. The highest BCUT2D eigenvalue weighted by atomic mass is 32.2. The minimum Gasteiger partial charge on any atom is -0.311 e. The second-order valence-corrected chi connectivity index (χ2v) is 8.23. The molecule has 0 spiro atoms. The number of thioether (sulfide) groups is 1. The topological polar surface area (TPSA) is 26.8 Å². The number of rotatable bonds is 4. The molecule has 0 bridgehead atoms. The Balaban J connectivity index is 1.74. The fraction of sp³-hybridized carbons (Fsp3) is 0.632. The van der Waals surface area contributed by atoms with E-state index in [1.807, 2.05) is 22.7 Å². The highest BCUT2D eigenvalue weighted by molar-refractivity contribution is 7.99. The number of anilines is 1. The van der Waals surface area contributed by atoms with Gasteiger partial charge in [-0.05, 0) is 51.7 Å². The number of fused-ring (bicyclic) bond motifs is 1. The molecule has 0 unspecified atom stereocenters. The van der Waals surface area contributed by atoms with Gasteiger partial charge in [-0.2, -0.15) is 11.8 Å². The molecule has 3 atom stereocenters. The van der Waals surface area contributed by atoms with Crippen LogP contribution in [0.25, 0.3) is 0 Å². The normalized spacial score (nSPS) is 25.8. The third kappa shape index (κ3) is 3.35. The molecule has 0 N–H and O–H groups in total. The molecule has 24 heavy (non-hydrogen) atoms. The van der Waals surface area contributed by atoms with Gasteiger partial charge in [-0.1, -0.05) is 18.2 Å². The maximum Gasteiger partial charge on any atom is 0.244 e. The number of hydrogen-bond donors (Lipinski definition) is 0. The average molecular weight is 348 g/mol. The summed E-state index contributed by atoms with van der Waals surface area (Å²) in [7, 11) is 4.29. The number of likely N-dealkylation sites (N-methyl/N-ethyl adjacent to an activating group) is 1. The number of likely N-dealkylation sites (tertiary alicyclic amines) is 1. The first-order valence-electron chi connectivity index (χ1n) is 8.85. The predicted molar refractivity (Wildman–Crippen MR) is 103 cm³/mol. The summed E-state index contributed by atoms with van der Waals surface area (Å²) in [5, 5.41) is 0.573. The van der Waals surface area contributed by atoms with Gasteiger partial charge >= 0.3 is 0 Å². The molecule has 2 heterocycles. The Bertz CT molecular complexity index is 592. The number of aryl methyl sites for hydroxylation is 1. The second kappa shape index (κ2) is 7.46. The fourth-order valence-electron chi connectivity index (χ4n) is 3.97. The summed E-state index contributed by atoms with van der Waals surface area (Å²) >= 11 is 1.92.